The first kappa shape index (κ1) is 12.6. The van der Waals surface area contributed by atoms with Crippen LogP contribution in [0.15, 0.2) is 42.5 Å². The predicted octanol–water partition coefficient (Wildman–Crippen LogP) is 4.09. The zero-order chi connectivity index (χ0) is 13.0. The van der Waals surface area contributed by atoms with Crippen LogP contribution < -0.4 is 5.32 Å². The Hall–Kier alpha value is -1.90. The van der Waals surface area contributed by atoms with Crippen molar-refractivity contribution in [1.82, 2.24) is 4.98 Å². The number of aromatic nitrogens is 1. The van der Waals surface area contributed by atoms with E-state index >= 15 is 0 Å². The molecule has 0 radical (unpaired) electrons. The van der Waals surface area contributed by atoms with Crippen LogP contribution in [0, 0.1) is 12.9 Å². The highest BCUT2D eigenvalue weighted by molar-refractivity contribution is 5.38. The van der Waals surface area contributed by atoms with E-state index in [2.05, 4.69) is 48.4 Å². The van der Waals surface area contributed by atoms with Crippen molar-refractivity contribution in [2.75, 3.05) is 5.32 Å². The Bertz CT molecular complexity index is 508. The highest BCUT2D eigenvalue weighted by atomic mass is 19.1. The van der Waals surface area contributed by atoms with Gasteiger partial charge in [0, 0.05) is 0 Å². The monoisotopic (exact) mass is 244 g/mol. The van der Waals surface area contributed by atoms with Gasteiger partial charge in [0.15, 0.2) is 0 Å². The molecule has 1 aromatic carbocycles. The molecule has 1 unspecified atom stereocenters. The fraction of sp³-hybridized carbons (Fsp3) is 0.267. The summed E-state index contributed by atoms with van der Waals surface area (Å²) in [7, 11) is 0. The van der Waals surface area contributed by atoms with E-state index < -0.39 is 5.95 Å². The molecule has 1 aromatic heterocycles. The summed E-state index contributed by atoms with van der Waals surface area (Å²) in [5, 5.41) is 3.25. The van der Waals surface area contributed by atoms with Crippen LogP contribution in [-0.4, -0.2) is 4.98 Å². The fourth-order valence-corrected chi connectivity index (χ4v) is 1.89. The molecule has 0 saturated carbocycles. The first-order valence-corrected chi connectivity index (χ1v) is 6.14. The lowest BCUT2D eigenvalue weighted by Crippen LogP contribution is -2.11. The largest absolute Gasteiger partial charge is 0.363 e. The minimum atomic E-state index is -0.459. The van der Waals surface area contributed by atoms with Crippen LogP contribution in [0.5, 0.6) is 0 Å². The highest BCUT2D eigenvalue weighted by Crippen LogP contribution is 2.21. The van der Waals surface area contributed by atoms with Crippen LogP contribution in [0.1, 0.15) is 30.5 Å². The molecule has 1 N–H and O–H groups in total. The van der Waals surface area contributed by atoms with Crippen molar-refractivity contribution in [2.24, 2.45) is 0 Å². The molecule has 18 heavy (non-hydrogen) atoms. The maximum atomic E-state index is 13.0. The van der Waals surface area contributed by atoms with Crippen molar-refractivity contribution >= 4 is 5.82 Å². The Morgan fingerprint density at radius 2 is 1.89 bits per heavy atom. The number of anilines is 1. The zero-order valence-electron chi connectivity index (χ0n) is 10.7. The van der Waals surface area contributed by atoms with Gasteiger partial charge in [-0.1, -0.05) is 42.8 Å². The molecule has 2 aromatic rings. The van der Waals surface area contributed by atoms with Crippen molar-refractivity contribution in [2.45, 2.75) is 26.3 Å². The second-order valence-corrected chi connectivity index (χ2v) is 4.36. The molecule has 0 fully saturated rings. The Balaban J connectivity index is 2.17. The van der Waals surface area contributed by atoms with Gasteiger partial charge in [0.05, 0.1) is 6.04 Å². The van der Waals surface area contributed by atoms with Crippen LogP contribution in [-0.2, 0) is 0 Å². The minimum absolute atomic E-state index is 0.153. The van der Waals surface area contributed by atoms with Gasteiger partial charge in [-0.2, -0.15) is 4.39 Å². The second kappa shape index (κ2) is 5.63. The van der Waals surface area contributed by atoms with Crippen LogP contribution in [0.25, 0.3) is 0 Å². The van der Waals surface area contributed by atoms with Gasteiger partial charge >= 0.3 is 0 Å². The van der Waals surface area contributed by atoms with Crippen molar-refractivity contribution in [3.63, 3.8) is 0 Å². The number of nitrogens with one attached hydrogen (secondary N) is 1. The number of aryl methyl sites for hydroxylation is 1. The molecule has 0 spiro atoms. The van der Waals surface area contributed by atoms with E-state index in [0.29, 0.717) is 5.82 Å². The minimum Gasteiger partial charge on any atom is -0.363 e. The van der Waals surface area contributed by atoms with Gasteiger partial charge < -0.3 is 5.32 Å². The number of halogens is 1. The van der Waals surface area contributed by atoms with Gasteiger partial charge in [0.2, 0.25) is 5.95 Å². The summed E-state index contributed by atoms with van der Waals surface area (Å²) in [6, 6.07) is 13.3. The first-order valence-electron chi connectivity index (χ1n) is 6.14. The van der Waals surface area contributed by atoms with E-state index in [9.17, 15) is 4.39 Å². The number of rotatable bonds is 4. The summed E-state index contributed by atoms with van der Waals surface area (Å²) in [6.45, 7) is 4.16. The average Bonchev–Trinajstić information content (AvgIpc) is 2.37. The van der Waals surface area contributed by atoms with Crippen LogP contribution in [0.3, 0.4) is 0 Å². The van der Waals surface area contributed by atoms with Gasteiger partial charge in [-0.05, 0) is 31.0 Å². The highest BCUT2D eigenvalue weighted by Gasteiger charge is 2.09. The second-order valence-electron chi connectivity index (χ2n) is 4.36. The zero-order valence-corrected chi connectivity index (χ0v) is 10.7. The van der Waals surface area contributed by atoms with E-state index in [1.54, 1.807) is 12.1 Å². The summed E-state index contributed by atoms with van der Waals surface area (Å²) >= 11 is 0. The summed E-state index contributed by atoms with van der Waals surface area (Å²) in [5.74, 6) is 0.112. The number of hydrogen-bond acceptors (Lipinski definition) is 2. The lowest BCUT2D eigenvalue weighted by atomic mass is 10.0. The molecule has 2 rings (SSSR count). The van der Waals surface area contributed by atoms with Crippen molar-refractivity contribution in [1.29, 1.82) is 0 Å². The lowest BCUT2D eigenvalue weighted by Gasteiger charge is -2.18. The quantitative estimate of drug-likeness (QED) is 0.819. The van der Waals surface area contributed by atoms with Gasteiger partial charge in [0.1, 0.15) is 5.82 Å². The van der Waals surface area contributed by atoms with Gasteiger partial charge in [-0.15, -0.1) is 0 Å². The number of hydrogen-bond donors (Lipinski definition) is 1. The lowest BCUT2D eigenvalue weighted by molar-refractivity contribution is 0.583. The van der Waals surface area contributed by atoms with Crippen LogP contribution in [0.4, 0.5) is 10.2 Å². The normalized spacial score (nSPS) is 12.2. The molecule has 0 aliphatic heterocycles. The SMILES string of the molecule is CCC(Nc1cccc(F)n1)c1ccc(C)cc1. The number of pyridine rings is 1. The molecular formula is C15H17FN2. The summed E-state index contributed by atoms with van der Waals surface area (Å²) in [5.41, 5.74) is 2.42. The van der Waals surface area contributed by atoms with E-state index in [1.807, 2.05) is 0 Å². The Kier molecular flexibility index (Phi) is 3.92. The Morgan fingerprint density at radius 1 is 1.17 bits per heavy atom. The van der Waals surface area contributed by atoms with E-state index in [0.717, 1.165) is 6.42 Å². The maximum Gasteiger partial charge on any atom is 0.214 e. The first-order chi connectivity index (χ1) is 8.69. The third-order valence-electron chi connectivity index (χ3n) is 2.93. The Morgan fingerprint density at radius 3 is 2.50 bits per heavy atom. The summed E-state index contributed by atoms with van der Waals surface area (Å²) in [4.78, 5) is 3.83. The molecule has 0 saturated heterocycles. The third kappa shape index (κ3) is 3.06. The molecular weight excluding hydrogens is 227 g/mol. The van der Waals surface area contributed by atoms with Crippen molar-refractivity contribution < 1.29 is 4.39 Å². The molecule has 94 valence electrons. The molecule has 3 heteroatoms. The molecule has 1 atom stereocenters. The van der Waals surface area contributed by atoms with Crippen molar-refractivity contribution in [3.8, 4) is 0 Å². The number of nitrogens with zero attached hydrogens (tertiary/aromatic N) is 1. The molecule has 0 amide bonds. The van der Waals surface area contributed by atoms with E-state index in [4.69, 9.17) is 0 Å². The van der Waals surface area contributed by atoms with E-state index in [1.165, 1.54) is 17.2 Å². The van der Waals surface area contributed by atoms with Crippen LogP contribution >= 0.6 is 0 Å². The third-order valence-corrected chi connectivity index (χ3v) is 2.93. The van der Waals surface area contributed by atoms with Gasteiger partial charge in [-0.3, -0.25) is 0 Å². The van der Waals surface area contributed by atoms with Gasteiger partial charge in [-0.25, -0.2) is 4.98 Å². The van der Waals surface area contributed by atoms with E-state index in [-0.39, 0.29) is 6.04 Å². The van der Waals surface area contributed by atoms with Gasteiger partial charge in [0.25, 0.3) is 0 Å². The maximum absolute atomic E-state index is 13.0. The topological polar surface area (TPSA) is 24.9 Å². The predicted molar refractivity (Wildman–Crippen MR) is 72.0 cm³/mol. The average molecular weight is 244 g/mol. The molecule has 2 nitrogen and oxygen atoms in total. The van der Waals surface area contributed by atoms with Crippen LogP contribution in [0.2, 0.25) is 0 Å². The molecule has 0 bridgehead atoms. The number of benzene rings is 1. The summed E-state index contributed by atoms with van der Waals surface area (Å²) < 4.78 is 13.0. The smallest absolute Gasteiger partial charge is 0.214 e. The fourth-order valence-electron chi connectivity index (χ4n) is 1.89. The van der Waals surface area contributed by atoms with Crippen molar-refractivity contribution in [3.05, 3.63) is 59.5 Å². The molecule has 0 aliphatic carbocycles. The summed E-state index contributed by atoms with van der Waals surface area (Å²) in [6.07, 6.45) is 0.918. The molecule has 0 aliphatic rings. The standard InChI is InChI=1S/C15H17FN2/c1-3-13(12-9-7-11(2)8-10-12)17-15-6-4-5-14(16)18-15/h4-10,13H,3H2,1-2H3,(H,17,18). The molecule has 1 heterocycles. The Labute approximate surface area is 107 Å².